The summed E-state index contributed by atoms with van der Waals surface area (Å²) in [4.78, 5) is 24.5. The fourth-order valence-electron chi connectivity index (χ4n) is 2.90. The molecule has 0 N–H and O–H groups in total. The van der Waals surface area contributed by atoms with Gasteiger partial charge in [-0.05, 0) is 18.3 Å². The smallest absolute Gasteiger partial charge is 0.349 e. The van der Waals surface area contributed by atoms with Crippen LogP contribution in [0.3, 0.4) is 0 Å². The van der Waals surface area contributed by atoms with Crippen LogP contribution in [-0.2, 0) is 22.8 Å². The lowest BCUT2D eigenvalue weighted by Gasteiger charge is -2.04. The number of allylic oxidation sites excluding steroid dienone is 3. The molecule has 0 spiro atoms. The van der Waals surface area contributed by atoms with E-state index in [1.54, 1.807) is 13.0 Å². The van der Waals surface area contributed by atoms with Gasteiger partial charge in [0.1, 0.15) is 5.82 Å². The van der Waals surface area contributed by atoms with Crippen molar-refractivity contribution in [3.05, 3.63) is 40.6 Å². The number of aromatic nitrogens is 3. The molecule has 1 saturated carbocycles. The lowest BCUT2D eigenvalue weighted by atomic mass is 10.1. The summed E-state index contributed by atoms with van der Waals surface area (Å²) in [6.45, 7) is 8.92. The largest absolute Gasteiger partial charge is 0.442 e. The first-order valence-electron chi connectivity index (χ1n) is 7.76. The Kier molecular flexibility index (Phi) is 4.99. The Bertz CT molecular complexity index is 874. The molecule has 25 heavy (non-hydrogen) atoms. The van der Waals surface area contributed by atoms with Gasteiger partial charge < -0.3 is 4.74 Å². The summed E-state index contributed by atoms with van der Waals surface area (Å²) in [6, 6.07) is 2.02. The van der Waals surface area contributed by atoms with E-state index >= 15 is 0 Å². The molecule has 1 fully saturated rings. The van der Waals surface area contributed by atoms with Crippen LogP contribution in [0.4, 0.5) is 0 Å². The maximum absolute atomic E-state index is 12.3. The molecule has 7 heteroatoms. The number of esters is 1. The van der Waals surface area contributed by atoms with Crippen LogP contribution < -0.4 is 5.69 Å². The van der Waals surface area contributed by atoms with E-state index in [1.807, 2.05) is 19.9 Å². The monoisotopic (exact) mass is 340 g/mol. The number of hydrogen-bond donors (Lipinski definition) is 0. The third kappa shape index (κ3) is 3.41. The number of nitriles is 1. The van der Waals surface area contributed by atoms with E-state index in [1.165, 1.54) is 10.6 Å². The van der Waals surface area contributed by atoms with Crippen molar-refractivity contribution in [2.45, 2.75) is 34.0 Å². The minimum atomic E-state index is -0.427. The number of hydrogen-bond acceptors (Lipinski definition) is 5. The van der Waals surface area contributed by atoms with E-state index in [4.69, 9.17) is 16.4 Å². The Morgan fingerprint density at radius 2 is 2.24 bits per heavy atom. The Morgan fingerprint density at radius 1 is 1.56 bits per heavy atom. The van der Waals surface area contributed by atoms with Gasteiger partial charge in [-0.2, -0.15) is 15.0 Å². The van der Waals surface area contributed by atoms with Gasteiger partial charge in [0.05, 0.1) is 18.5 Å². The van der Waals surface area contributed by atoms with Crippen LogP contribution in [-0.4, -0.2) is 20.3 Å². The van der Waals surface area contributed by atoms with Crippen LogP contribution in [0.2, 0.25) is 0 Å². The van der Waals surface area contributed by atoms with Crippen LogP contribution in [0.5, 0.6) is 0 Å². The van der Waals surface area contributed by atoms with Crippen LogP contribution in [0.15, 0.2) is 29.1 Å². The van der Waals surface area contributed by atoms with Gasteiger partial charge in [-0.15, -0.1) is 6.42 Å². The van der Waals surface area contributed by atoms with Crippen molar-refractivity contribution in [1.82, 2.24) is 14.3 Å². The van der Waals surface area contributed by atoms with Gasteiger partial charge in [0.2, 0.25) is 0 Å². The first kappa shape index (κ1) is 18.3. The topological polar surface area (TPSA) is 89.9 Å². The summed E-state index contributed by atoms with van der Waals surface area (Å²) < 4.78 is 7.64. The quantitative estimate of drug-likeness (QED) is 0.338. The van der Waals surface area contributed by atoms with Crippen molar-refractivity contribution >= 4 is 5.97 Å². The Hall–Kier alpha value is -3.06. The van der Waals surface area contributed by atoms with Crippen LogP contribution in [0.25, 0.3) is 0 Å². The Balaban J connectivity index is 2.07. The molecule has 1 aromatic heterocycles. The molecule has 0 amide bonds. The lowest BCUT2D eigenvalue weighted by molar-refractivity contribution is -0.150. The van der Waals surface area contributed by atoms with Gasteiger partial charge in [-0.1, -0.05) is 38.5 Å². The first-order chi connectivity index (χ1) is 11.8. The number of ether oxygens (including phenoxy) is 1. The van der Waals surface area contributed by atoms with Crippen molar-refractivity contribution in [3.63, 3.8) is 0 Å². The summed E-state index contributed by atoms with van der Waals surface area (Å²) >= 11 is 0. The highest BCUT2D eigenvalue weighted by Gasteiger charge is 2.61. The molecule has 0 saturated heterocycles. The molecule has 1 aromatic rings. The molecule has 2 atom stereocenters. The van der Waals surface area contributed by atoms with Crippen LogP contribution in [0.1, 0.15) is 19.7 Å². The first-order valence-corrected chi connectivity index (χ1v) is 7.76. The predicted molar refractivity (Wildman–Crippen MR) is 90.8 cm³/mol. The summed E-state index contributed by atoms with van der Waals surface area (Å²) in [5.41, 5.74) is -0.312. The highest BCUT2D eigenvalue weighted by Crippen LogP contribution is 2.59. The summed E-state index contributed by atoms with van der Waals surface area (Å²) in [6.07, 6.45) is 8.41. The molecule has 2 unspecified atom stereocenters. The SMILES string of the molecule is C#CCn1c(C)nn(COC(=O)C2C(/C=C(\C#N)C=C)C2(C)C)c1=O. The van der Waals surface area contributed by atoms with Crippen LogP contribution in [0, 0.1) is 47.8 Å². The minimum absolute atomic E-state index is 0.106. The number of terminal acetylenes is 1. The molecule has 0 aromatic carbocycles. The van der Waals surface area contributed by atoms with Crippen molar-refractivity contribution in [2.75, 3.05) is 0 Å². The maximum atomic E-state index is 12.3. The lowest BCUT2D eigenvalue weighted by Crippen LogP contribution is -2.27. The number of carbonyl (C=O) groups excluding carboxylic acids is 1. The van der Waals surface area contributed by atoms with Gasteiger partial charge in [-0.25, -0.2) is 4.79 Å². The molecule has 0 aliphatic heterocycles. The van der Waals surface area contributed by atoms with E-state index in [-0.39, 0.29) is 30.5 Å². The summed E-state index contributed by atoms with van der Waals surface area (Å²) in [5.74, 6) is 1.93. The zero-order valence-corrected chi connectivity index (χ0v) is 14.5. The van der Waals surface area contributed by atoms with Gasteiger partial charge >= 0.3 is 11.7 Å². The van der Waals surface area contributed by atoms with Crippen LogP contribution >= 0.6 is 0 Å². The molecule has 0 radical (unpaired) electrons. The van der Waals surface area contributed by atoms with E-state index in [0.717, 1.165) is 4.68 Å². The normalized spacial score (nSPS) is 21.1. The molecular weight excluding hydrogens is 320 g/mol. The standard InChI is InChI=1S/C18H20N4O3/c1-6-8-21-12(3)20-22(17(21)24)11-25-16(23)15-14(18(15,4)5)9-13(7-2)10-19/h1,7,9,14-15H,2,8,11H2,3-5H3/b13-9-. The fourth-order valence-corrected chi connectivity index (χ4v) is 2.90. The van der Waals surface area contributed by atoms with Crippen molar-refractivity contribution in [3.8, 4) is 18.4 Å². The van der Waals surface area contributed by atoms with E-state index in [2.05, 4.69) is 17.6 Å². The highest BCUT2D eigenvalue weighted by molar-refractivity contribution is 5.78. The maximum Gasteiger partial charge on any atom is 0.349 e. The second-order valence-electron chi connectivity index (χ2n) is 6.47. The second kappa shape index (κ2) is 6.82. The van der Waals surface area contributed by atoms with Crippen molar-refractivity contribution in [2.24, 2.45) is 17.3 Å². The summed E-state index contributed by atoms with van der Waals surface area (Å²) in [5, 5.41) is 13.0. The molecule has 1 aliphatic rings. The van der Waals surface area contributed by atoms with Gasteiger partial charge in [0, 0.05) is 5.57 Å². The van der Waals surface area contributed by atoms with Crippen molar-refractivity contribution < 1.29 is 9.53 Å². The van der Waals surface area contributed by atoms with E-state index in [0.29, 0.717) is 11.4 Å². The molecule has 1 heterocycles. The molecule has 0 bridgehead atoms. The minimum Gasteiger partial charge on any atom is -0.442 e. The van der Waals surface area contributed by atoms with Gasteiger partial charge in [-0.3, -0.25) is 9.36 Å². The highest BCUT2D eigenvalue weighted by atomic mass is 16.5. The zero-order valence-electron chi connectivity index (χ0n) is 14.5. The van der Waals surface area contributed by atoms with E-state index in [9.17, 15) is 9.59 Å². The number of aryl methyl sites for hydroxylation is 1. The van der Waals surface area contributed by atoms with Gasteiger partial charge in [0.15, 0.2) is 6.73 Å². The van der Waals surface area contributed by atoms with E-state index < -0.39 is 11.7 Å². The Labute approximate surface area is 146 Å². The summed E-state index contributed by atoms with van der Waals surface area (Å²) in [7, 11) is 0. The molecule has 130 valence electrons. The third-order valence-corrected chi connectivity index (χ3v) is 4.56. The molecule has 2 rings (SSSR count). The molecule has 7 nitrogen and oxygen atoms in total. The third-order valence-electron chi connectivity index (χ3n) is 4.56. The zero-order chi connectivity index (χ0) is 18.8. The molecule has 1 aliphatic carbocycles. The average Bonchev–Trinajstić information content (AvgIpc) is 3.01. The Morgan fingerprint density at radius 3 is 2.80 bits per heavy atom. The fraction of sp³-hybridized carbons (Fsp3) is 0.444. The number of nitrogens with zero attached hydrogens (tertiary/aromatic N) is 4. The number of rotatable bonds is 6. The average molecular weight is 340 g/mol. The molecular formula is C18H20N4O3. The van der Waals surface area contributed by atoms with Gasteiger partial charge in [0.25, 0.3) is 0 Å². The predicted octanol–water partition coefficient (Wildman–Crippen LogP) is 1.40. The number of carbonyl (C=O) groups is 1. The van der Waals surface area contributed by atoms with Crippen molar-refractivity contribution in [1.29, 1.82) is 5.26 Å². The second-order valence-corrected chi connectivity index (χ2v) is 6.47.